The average molecular weight is 191 g/mol. The van der Waals surface area contributed by atoms with Crippen LogP contribution in [0.2, 0.25) is 0 Å². The molecule has 0 saturated carbocycles. The third-order valence-electron chi connectivity index (χ3n) is 1.86. The van der Waals surface area contributed by atoms with Crippen LogP contribution in [0, 0.1) is 0 Å². The number of hydrogen-bond donors (Lipinski definition) is 0. The van der Waals surface area contributed by atoms with Gasteiger partial charge in [-0.05, 0) is 0 Å². The molecule has 0 aliphatic heterocycles. The second-order valence-corrected chi connectivity index (χ2v) is 5.04. The van der Waals surface area contributed by atoms with Gasteiger partial charge < -0.3 is 0 Å². The van der Waals surface area contributed by atoms with Crippen LogP contribution in [-0.2, 0) is 0 Å². The van der Waals surface area contributed by atoms with Crippen molar-refractivity contribution in [2.45, 2.75) is 31.9 Å². The summed E-state index contributed by atoms with van der Waals surface area (Å²) in [6.07, 6.45) is 2.40. The van der Waals surface area contributed by atoms with Crippen LogP contribution in [-0.4, -0.2) is 58.7 Å². The molecule has 1 unspecified atom stereocenters. The van der Waals surface area contributed by atoms with Crippen molar-refractivity contribution in [1.29, 1.82) is 0 Å². The van der Waals surface area contributed by atoms with Gasteiger partial charge in [-0.15, -0.1) is 0 Å². The van der Waals surface area contributed by atoms with Crippen molar-refractivity contribution in [3.8, 4) is 0 Å². The van der Waals surface area contributed by atoms with Crippen LogP contribution in [0.25, 0.3) is 0 Å². The van der Waals surface area contributed by atoms with Crippen molar-refractivity contribution in [3.63, 3.8) is 0 Å². The summed E-state index contributed by atoms with van der Waals surface area (Å²) in [5, 5.41) is 0.591. The molecule has 1 atom stereocenters. The van der Waals surface area contributed by atoms with Gasteiger partial charge in [-0.25, -0.2) is 0 Å². The molecule has 0 N–H and O–H groups in total. The van der Waals surface area contributed by atoms with E-state index in [2.05, 4.69) is 27.3 Å². The van der Waals surface area contributed by atoms with E-state index in [0.29, 0.717) is 5.25 Å². The van der Waals surface area contributed by atoms with Gasteiger partial charge in [-0.3, -0.25) is 0 Å². The molecule has 0 aromatic carbocycles. The first-order chi connectivity index (χ1) is 6.72. The van der Waals surface area contributed by atoms with E-state index in [0.717, 1.165) is 0 Å². The number of rotatable bonds is 5. The minimum absolute atomic E-state index is 0.0916. The van der Waals surface area contributed by atoms with E-state index in [4.69, 9.17) is 6.53 Å². The third kappa shape index (κ3) is 8.08. The van der Waals surface area contributed by atoms with Gasteiger partial charge in [0, 0.05) is 0 Å². The quantitative estimate of drug-likeness (QED) is 0.491. The van der Waals surface area contributed by atoms with Crippen LogP contribution < -0.4 is 0 Å². The maximum atomic E-state index is 5.99. The molecule has 0 spiro atoms. The summed E-state index contributed by atoms with van der Waals surface area (Å²) in [4.78, 5) is 0. The van der Waals surface area contributed by atoms with E-state index in [9.17, 15) is 0 Å². The summed E-state index contributed by atoms with van der Waals surface area (Å²) < 4.78 is 0. The fraction of sp³-hybridized carbons (Fsp3) is 1.00. The Morgan fingerprint density at radius 2 is 1.93 bits per heavy atom. The molecule has 0 aromatic heterocycles. The molecule has 14 heavy (non-hydrogen) atoms. The van der Waals surface area contributed by atoms with Gasteiger partial charge in [0.25, 0.3) is 0 Å². The van der Waals surface area contributed by atoms with Crippen LogP contribution >= 0.6 is 9.56 Å². The Labute approximate surface area is 95.0 Å². The molecule has 0 saturated heterocycles. The number of hydrogen-bond acceptors (Lipinski definition) is 0. The average Bonchev–Trinajstić information content (AvgIpc) is 2.17. The maximum absolute atomic E-state index is 5.99. The van der Waals surface area contributed by atoms with Crippen LogP contribution in [0.15, 0.2) is 0 Å². The molecular weight excluding hydrogens is 179 g/mol. The molecule has 0 aromatic rings. The predicted octanol–water partition coefficient (Wildman–Crippen LogP) is -0.942. The summed E-state index contributed by atoms with van der Waals surface area (Å²) in [6.45, 7) is 20.0. The predicted molar refractivity (Wildman–Crippen MR) is 79.4 cm³/mol. The van der Waals surface area contributed by atoms with Crippen LogP contribution in [0.1, 0.15) is 26.7 Å². The summed E-state index contributed by atoms with van der Waals surface area (Å²) in [6, 6.07) is 2.08. The van der Waals surface area contributed by atoms with Gasteiger partial charge in [0.2, 0.25) is 0 Å². The zero-order chi connectivity index (χ0) is 10.8. The van der Waals surface area contributed by atoms with Crippen LogP contribution in [0.4, 0.5) is 0 Å². The molecule has 9 heteroatoms. The van der Waals surface area contributed by atoms with Gasteiger partial charge in [0.15, 0.2) is 0 Å². The Hall–Kier alpha value is 0.739. The first kappa shape index (κ1) is 14.7. The molecule has 0 rings (SSSR count). The van der Waals surface area contributed by atoms with E-state index in [1.807, 2.05) is 26.8 Å². The molecule has 0 amide bonds. The van der Waals surface area contributed by atoms with Gasteiger partial charge in [0.1, 0.15) is 0 Å². The van der Waals surface area contributed by atoms with Gasteiger partial charge in [0.05, 0.1) is 0 Å². The topological polar surface area (TPSA) is 0 Å². The standard InChI is InChI=1S/C5H12B8S/c1-3-4-5(2)14(7)13-12-11-10-9-8-6/h5-6H,3-4H2,1-2H3. The Bertz CT molecular complexity index is 338. The zero-order valence-corrected chi connectivity index (χ0v) is 9.96. The summed E-state index contributed by atoms with van der Waals surface area (Å²) in [5.41, 5.74) is 0. The van der Waals surface area contributed by atoms with Gasteiger partial charge in [-0.1, -0.05) is 0 Å². The Balaban J connectivity index is 4.13. The second kappa shape index (κ2) is 10.3. The van der Waals surface area contributed by atoms with Gasteiger partial charge in [-0.2, -0.15) is 0 Å². The molecule has 62 valence electrons. The molecule has 0 aliphatic carbocycles. The molecule has 0 heterocycles. The van der Waals surface area contributed by atoms with E-state index in [1.54, 1.807) is 6.69 Å². The SMILES string of the molecule is B#S(=BB=BB=BB=B)C(C)CCC. The van der Waals surface area contributed by atoms with E-state index in [-0.39, 0.29) is 9.56 Å². The van der Waals surface area contributed by atoms with Crippen molar-refractivity contribution in [2.24, 2.45) is 0 Å². The normalized spacial score (nSPS) is 12.1. The van der Waals surface area contributed by atoms with E-state index >= 15 is 0 Å². The summed E-state index contributed by atoms with van der Waals surface area (Å²) in [7, 11) is 3.50. The second-order valence-electron chi connectivity index (χ2n) is 3.15. The third-order valence-corrected chi connectivity index (χ3v) is 3.50. The monoisotopic (exact) mass is 192 g/mol. The summed E-state index contributed by atoms with van der Waals surface area (Å²) >= 11 is 0. The molecule has 0 radical (unpaired) electrons. The molecule has 0 nitrogen and oxygen atoms in total. The van der Waals surface area contributed by atoms with Crippen LogP contribution in [0.3, 0.4) is 0 Å². The first-order valence-corrected chi connectivity index (χ1v) is 6.39. The Kier molecular flexibility index (Phi) is 10.8. The van der Waals surface area contributed by atoms with E-state index < -0.39 is 0 Å². The molecule has 0 aliphatic rings. The van der Waals surface area contributed by atoms with Crippen molar-refractivity contribution >= 4 is 63.0 Å². The van der Waals surface area contributed by atoms with Crippen molar-refractivity contribution in [2.75, 3.05) is 0 Å². The molecular formula is C5H12B8S. The first-order valence-electron chi connectivity index (χ1n) is 4.97. The Morgan fingerprint density at radius 1 is 1.29 bits per heavy atom. The molecule has 0 fully saturated rings. The van der Waals surface area contributed by atoms with Crippen molar-refractivity contribution < 1.29 is 0 Å². The fourth-order valence-electron chi connectivity index (χ4n) is 1.02. The Morgan fingerprint density at radius 3 is 2.50 bits per heavy atom. The molecule has 0 bridgehead atoms. The van der Waals surface area contributed by atoms with Crippen molar-refractivity contribution in [3.05, 3.63) is 0 Å². The zero-order valence-electron chi connectivity index (χ0n) is 9.15. The summed E-state index contributed by atoms with van der Waals surface area (Å²) in [5.74, 6) is 0. The van der Waals surface area contributed by atoms with Crippen LogP contribution in [0.5, 0.6) is 0 Å². The van der Waals surface area contributed by atoms with Crippen molar-refractivity contribution in [1.82, 2.24) is 0 Å². The fourth-order valence-corrected chi connectivity index (χ4v) is 2.07. The van der Waals surface area contributed by atoms with Gasteiger partial charge >= 0.3 is 94.9 Å². The minimum atomic E-state index is -0.0916. The van der Waals surface area contributed by atoms with E-state index in [1.165, 1.54) is 12.8 Å².